The first-order valence-electron chi connectivity index (χ1n) is 5.63. The maximum atomic E-state index is 11.4. The van der Waals surface area contributed by atoms with Gasteiger partial charge in [-0.2, -0.15) is 5.10 Å². The van der Waals surface area contributed by atoms with Gasteiger partial charge in [0.05, 0.1) is 17.1 Å². The van der Waals surface area contributed by atoms with Gasteiger partial charge in [-0.3, -0.25) is 4.72 Å². The van der Waals surface area contributed by atoms with E-state index in [1.54, 1.807) is 23.7 Å². The molecule has 0 bridgehead atoms. The van der Waals surface area contributed by atoms with Gasteiger partial charge in [0.2, 0.25) is 10.0 Å². The maximum absolute atomic E-state index is 11.4. The van der Waals surface area contributed by atoms with Crippen LogP contribution in [-0.2, 0) is 10.0 Å². The quantitative estimate of drug-likeness (QED) is 0.919. The van der Waals surface area contributed by atoms with Crippen LogP contribution in [0.1, 0.15) is 12.6 Å². The average molecular weight is 265 g/mol. The molecule has 0 atom stereocenters. The number of aromatic nitrogens is 2. The summed E-state index contributed by atoms with van der Waals surface area (Å²) in [6, 6.07) is 8.99. The van der Waals surface area contributed by atoms with Crippen LogP contribution in [0.3, 0.4) is 0 Å². The summed E-state index contributed by atoms with van der Waals surface area (Å²) in [7, 11) is -3.22. The van der Waals surface area contributed by atoms with Crippen LogP contribution in [0.2, 0.25) is 0 Å². The second kappa shape index (κ2) is 4.81. The number of rotatable bonds is 4. The van der Waals surface area contributed by atoms with Crippen molar-refractivity contribution in [2.45, 2.75) is 13.8 Å². The highest BCUT2D eigenvalue weighted by Crippen LogP contribution is 2.14. The molecule has 0 fully saturated rings. The normalized spacial score (nSPS) is 11.4. The van der Waals surface area contributed by atoms with Crippen molar-refractivity contribution in [2.24, 2.45) is 0 Å². The zero-order chi connectivity index (χ0) is 13.2. The molecule has 1 heterocycles. The number of hydrogen-bond acceptors (Lipinski definition) is 3. The largest absolute Gasteiger partial charge is 0.284 e. The van der Waals surface area contributed by atoms with Crippen LogP contribution < -0.4 is 4.72 Å². The van der Waals surface area contributed by atoms with Crippen molar-refractivity contribution in [1.29, 1.82) is 0 Å². The number of aryl methyl sites for hydroxylation is 1. The fraction of sp³-hybridized carbons (Fsp3) is 0.250. The number of hydrogen-bond donors (Lipinski definition) is 1. The predicted molar refractivity (Wildman–Crippen MR) is 71.4 cm³/mol. The smallest absolute Gasteiger partial charge is 0.232 e. The lowest BCUT2D eigenvalue weighted by molar-refractivity contribution is 0.602. The molecule has 18 heavy (non-hydrogen) atoms. The second-order valence-corrected chi connectivity index (χ2v) is 5.97. The molecule has 96 valence electrons. The van der Waals surface area contributed by atoms with E-state index in [1.807, 2.05) is 31.3 Å². The Labute approximate surface area is 107 Å². The molecular weight excluding hydrogens is 250 g/mol. The van der Waals surface area contributed by atoms with Crippen LogP contribution in [0.25, 0.3) is 5.69 Å². The lowest BCUT2D eigenvalue weighted by Gasteiger charge is -2.07. The summed E-state index contributed by atoms with van der Waals surface area (Å²) in [5.41, 5.74) is 2.39. The van der Waals surface area contributed by atoms with Crippen LogP contribution in [-0.4, -0.2) is 24.0 Å². The summed E-state index contributed by atoms with van der Waals surface area (Å²) in [4.78, 5) is 0. The Hall–Kier alpha value is -1.82. The van der Waals surface area contributed by atoms with E-state index in [0.29, 0.717) is 5.69 Å². The second-order valence-electron chi connectivity index (χ2n) is 3.95. The molecule has 0 aliphatic carbocycles. The van der Waals surface area contributed by atoms with Gasteiger partial charge >= 0.3 is 0 Å². The summed E-state index contributed by atoms with van der Waals surface area (Å²) in [6.07, 6.45) is 1.86. The Kier molecular flexibility index (Phi) is 3.38. The molecule has 2 rings (SSSR count). The summed E-state index contributed by atoms with van der Waals surface area (Å²) in [5.74, 6) is 0.0626. The highest BCUT2D eigenvalue weighted by Gasteiger charge is 2.06. The van der Waals surface area contributed by atoms with Crippen LogP contribution >= 0.6 is 0 Å². The molecule has 0 saturated carbocycles. The van der Waals surface area contributed by atoms with Crippen LogP contribution in [0, 0.1) is 6.92 Å². The third kappa shape index (κ3) is 2.89. The van der Waals surface area contributed by atoms with Crippen LogP contribution in [0.5, 0.6) is 0 Å². The Morgan fingerprint density at radius 1 is 1.22 bits per heavy atom. The first kappa shape index (κ1) is 12.6. The topological polar surface area (TPSA) is 64.0 Å². The highest BCUT2D eigenvalue weighted by molar-refractivity contribution is 7.92. The highest BCUT2D eigenvalue weighted by atomic mass is 32.2. The van der Waals surface area contributed by atoms with Crippen molar-refractivity contribution in [1.82, 2.24) is 9.78 Å². The van der Waals surface area contributed by atoms with E-state index >= 15 is 0 Å². The summed E-state index contributed by atoms with van der Waals surface area (Å²) >= 11 is 0. The molecule has 0 aliphatic heterocycles. The van der Waals surface area contributed by atoms with E-state index in [0.717, 1.165) is 11.4 Å². The summed E-state index contributed by atoms with van der Waals surface area (Å²) in [5, 5.41) is 4.28. The number of nitrogens with zero attached hydrogens (tertiary/aromatic N) is 2. The Morgan fingerprint density at radius 2 is 1.89 bits per heavy atom. The van der Waals surface area contributed by atoms with Crippen molar-refractivity contribution >= 4 is 15.7 Å². The average Bonchev–Trinajstić information content (AvgIpc) is 2.76. The predicted octanol–water partition coefficient (Wildman–Crippen LogP) is 1.94. The van der Waals surface area contributed by atoms with Crippen molar-refractivity contribution < 1.29 is 8.42 Å². The van der Waals surface area contributed by atoms with Gasteiger partial charge in [-0.1, -0.05) is 0 Å². The molecule has 0 spiro atoms. The van der Waals surface area contributed by atoms with Gasteiger partial charge < -0.3 is 0 Å². The minimum atomic E-state index is -3.22. The molecule has 1 aromatic carbocycles. The molecule has 0 aliphatic rings. The summed E-state index contributed by atoms with van der Waals surface area (Å²) < 4.78 is 27.0. The molecule has 0 amide bonds. The van der Waals surface area contributed by atoms with Crippen LogP contribution in [0.4, 0.5) is 5.69 Å². The van der Waals surface area contributed by atoms with E-state index < -0.39 is 10.0 Å². The van der Waals surface area contributed by atoms with E-state index in [-0.39, 0.29) is 5.75 Å². The molecule has 0 radical (unpaired) electrons. The number of anilines is 1. The molecule has 6 heteroatoms. The van der Waals surface area contributed by atoms with Gasteiger partial charge in [-0.05, 0) is 44.2 Å². The zero-order valence-corrected chi connectivity index (χ0v) is 11.1. The van der Waals surface area contributed by atoms with Gasteiger partial charge in [0.25, 0.3) is 0 Å². The zero-order valence-electron chi connectivity index (χ0n) is 10.3. The SMILES string of the molecule is CCS(=O)(=O)Nc1ccc(-n2ccc(C)n2)cc1. The minimum absolute atomic E-state index is 0.0626. The third-order valence-electron chi connectivity index (χ3n) is 2.51. The lowest BCUT2D eigenvalue weighted by atomic mass is 10.3. The Bertz CT molecular complexity index is 630. The van der Waals surface area contributed by atoms with Crippen LogP contribution in [0.15, 0.2) is 36.5 Å². The van der Waals surface area contributed by atoms with Gasteiger partial charge in [0, 0.05) is 11.9 Å². The third-order valence-corrected chi connectivity index (χ3v) is 3.81. The molecule has 1 aromatic heterocycles. The van der Waals surface area contributed by atoms with E-state index in [1.165, 1.54) is 0 Å². The van der Waals surface area contributed by atoms with E-state index in [4.69, 9.17) is 0 Å². The first-order chi connectivity index (χ1) is 8.50. The minimum Gasteiger partial charge on any atom is -0.284 e. The standard InChI is InChI=1S/C12H15N3O2S/c1-3-18(16,17)14-11-4-6-12(7-5-11)15-9-8-10(2)13-15/h4-9,14H,3H2,1-2H3. The molecule has 1 N–H and O–H groups in total. The van der Waals surface area contributed by atoms with Gasteiger partial charge in [-0.15, -0.1) is 0 Å². The van der Waals surface area contributed by atoms with Gasteiger partial charge in [0.1, 0.15) is 0 Å². The van der Waals surface area contributed by atoms with Crippen molar-refractivity contribution in [3.05, 3.63) is 42.2 Å². The molecule has 2 aromatic rings. The fourth-order valence-electron chi connectivity index (χ4n) is 1.49. The molecular formula is C12H15N3O2S. The lowest BCUT2D eigenvalue weighted by Crippen LogP contribution is -2.14. The number of sulfonamides is 1. The maximum Gasteiger partial charge on any atom is 0.232 e. The van der Waals surface area contributed by atoms with Crippen molar-refractivity contribution in [2.75, 3.05) is 10.5 Å². The summed E-state index contributed by atoms with van der Waals surface area (Å²) in [6.45, 7) is 3.52. The Morgan fingerprint density at radius 3 is 2.39 bits per heavy atom. The van der Waals surface area contributed by atoms with Gasteiger partial charge in [0.15, 0.2) is 0 Å². The first-order valence-corrected chi connectivity index (χ1v) is 7.28. The number of benzene rings is 1. The molecule has 5 nitrogen and oxygen atoms in total. The van der Waals surface area contributed by atoms with Crippen molar-refractivity contribution in [3.63, 3.8) is 0 Å². The molecule has 0 unspecified atom stereocenters. The Balaban J connectivity index is 2.20. The fourth-order valence-corrected chi connectivity index (χ4v) is 2.13. The number of nitrogens with one attached hydrogen (secondary N) is 1. The van der Waals surface area contributed by atoms with Gasteiger partial charge in [-0.25, -0.2) is 13.1 Å². The van der Waals surface area contributed by atoms with Crippen molar-refractivity contribution in [3.8, 4) is 5.69 Å². The van der Waals surface area contributed by atoms with E-state index in [2.05, 4.69) is 9.82 Å². The van der Waals surface area contributed by atoms with E-state index in [9.17, 15) is 8.42 Å². The monoisotopic (exact) mass is 265 g/mol. The molecule has 0 saturated heterocycles.